The lowest BCUT2D eigenvalue weighted by molar-refractivity contribution is 0.102. The second kappa shape index (κ2) is 7.99. The number of aromatic nitrogens is 1. The van der Waals surface area contributed by atoms with Crippen molar-refractivity contribution in [2.24, 2.45) is 5.92 Å². The van der Waals surface area contributed by atoms with Gasteiger partial charge < -0.3 is 15.5 Å². The molecule has 2 aromatic rings. The Hall–Kier alpha value is -2.56. The molecular formula is C22H30N4O. The molecule has 1 aromatic heterocycles. The van der Waals surface area contributed by atoms with Crippen molar-refractivity contribution in [1.82, 2.24) is 4.98 Å². The molecule has 0 aliphatic carbocycles. The first-order chi connectivity index (χ1) is 12.8. The van der Waals surface area contributed by atoms with E-state index in [1.807, 2.05) is 18.2 Å². The summed E-state index contributed by atoms with van der Waals surface area (Å²) in [6.45, 7) is 10.8. The molecule has 5 heteroatoms. The summed E-state index contributed by atoms with van der Waals surface area (Å²) in [6, 6.07) is 11.7. The standard InChI is InChI=1S/C22H30N4O/c1-16-11-13-26(14-12-16)19-8-5-17(6-9-19)24-21(27)20-10-7-18(15-23-20)25-22(2,3)4/h5-10,15-16,25H,11-14H2,1-4H3,(H,24,27). The Morgan fingerprint density at radius 2 is 1.67 bits per heavy atom. The average molecular weight is 367 g/mol. The molecule has 0 atom stereocenters. The highest BCUT2D eigenvalue weighted by atomic mass is 16.1. The Morgan fingerprint density at radius 1 is 1.04 bits per heavy atom. The van der Waals surface area contributed by atoms with Gasteiger partial charge in [0.1, 0.15) is 5.69 Å². The SMILES string of the molecule is CC1CCN(c2ccc(NC(=O)c3ccc(NC(C)(C)C)cn3)cc2)CC1. The largest absolute Gasteiger partial charge is 0.379 e. The number of pyridine rings is 1. The van der Waals surface area contributed by atoms with Gasteiger partial charge in [0, 0.05) is 30.0 Å². The molecule has 1 saturated heterocycles. The van der Waals surface area contributed by atoms with Gasteiger partial charge in [0.05, 0.1) is 11.9 Å². The van der Waals surface area contributed by atoms with Gasteiger partial charge in [-0.05, 0) is 75.9 Å². The van der Waals surface area contributed by atoms with E-state index in [1.54, 1.807) is 12.3 Å². The molecule has 1 aliphatic heterocycles. The van der Waals surface area contributed by atoms with Crippen LogP contribution < -0.4 is 15.5 Å². The van der Waals surface area contributed by atoms with E-state index in [4.69, 9.17) is 0 Å². The molecule has 0 spiro atoms. The maximum Gasteiger partial charge on any atom is 0.274 e. The van der Waals surface area contributed by atoms with Gasteiger partial charge in [0.2, 0.25) is 0 Å². The van der Waals surface area contributed by atoms with Crippen molar-refractivity contribution in [3.05, 3.63) is 48.3 Å². The van der Waals surface area contributed by atoms with Gasteiger partial charge in [-0.3, -0.25) is 4.79 Å². The molecule has 144 valence electrons. The number of nitrogens with one attached hydrogen (secondary N) is 2. The molecule has 3 rings (SSSR count). The number of benzene rings is 1. The molecule has 0 saturated carbocycles. The van der Waals surface area contributed by atoms with Gasteiger partial charge in [0.25, 0.3) is 5.91 Å². The first kappa shape index (κ1) is 19.2. The Labute approximate surface area is 162 Å². The number of hydrogen-bond acceptors (Lipinski definition) is 4. The topological polar surface area (TPSA) is 57.3 Å². The van der Waals surface area contributed by atoms with Crippen molar-refractivity contribution in [2.45, 2.75) is 46.1 Å². The lowest BCUT2D eigenvalue weighted by Crippen LogP contribution is -2.32. The predicted octanol–water partition coefficient (Wildman–Crippen LogP) is 4.78. The minimum absolute atomic E-state index is 0.0421. The molecular weight excluding hydrogens is 336 g/mol. The summed E-state index contributed by atoms with van der Waals surface area (Å²) in [5.41, 5.74) is 3.27. The van der Waals surface area contributed by atoms with E-state index < -0.39 is 0 Å². The average Bonchev–Trinajstić information content (AvgIpc) is 2.62. The second-order valence-electron chi connectivity index (χ2n) is 8.48. The summed E-state index contributed by atoms with van der Waals surface area (Å²) < 4.78 is 0. The fourth-order valence-corrected chi connectivity index (χ4v) is 3.25. The quantitative estimate of drug-likeness (QED) is 0.817. The van der Waals surface area contributed by atoms with Gasteiger partial charge in [0.15, 0.2) is 0 Å². The molecule has 1 aromatic carbocycles. The summed E-state index contributed by atoms with van der Waals surface area (Å²) in [6.07, 6.45) is 4.18. The van der Waals surface area contributed by atoms with E-state index in [1.165, 1.54) is 18.5 Å². The number of carbonyl (C=O) groups is 1. The zero-order valence-corrected chi connectivity index (χ0v) is 16.7. The predicted molar refractivity (Wildman–Crippen MR) is 113 cm³/mol. The Balaban J connectivity index is 1.59. The van der Waals surface area contributed by atoms with Crippen LogP contribution in [0.4, 0.5) is 17.1 Å². The van der Waals surface area contributed by atoms with Crippen LogP contribution in [0.15, 0.2) is 42.6 Å². The number of carbonyl (C=O) groups excluding carboxylic acids is 1. The maximum absolute atomic E-state index is 12.4. The van der Waals surface area contributed by atoms with Crippen LogP contribution in [-0.2, 0) is 0 Å². The van der Waals surface area contributed by atoms with E-state index >= 15 is 0 Å². The summed E-state index contributed by atoms with van der Waals surface area (Å²) in [4.78, 5) is 19.1. The highest BCUT2D eigenvalue weighted by molar-refractivity contribution is 6.03. The monoisotopic (exact) mass is 366 g/mol. The lowest BCUT2D eigenvalue weighted by atomic mass is 9.99. The Kier molecular flexibility index (Phi) is 5.68. The third-order valence-electron chi connectivity index (χ3n) is 4.79. The molecule has 5 nitrogen and oxygen atoms in total. The minimum atomic E-state index is -0.197. The van der Waals surface area contributed by atoms with Crippen LogP contribution >= 0.6 is 0 Å². The van der Waals surface area contributed by atoms with Crippen molar-refractivity contribution < 1.29 is 4.79 Å². The van der Waals surface area contributed by atoms with Gasteiger partial charge in [-0.1, -0.05) is 6.92 Å². The van der Waals surface area contributed by atoms with Crippen LogP contribution in [0.1, 0.15) is 51.0 Å². The molecule has 27 heavy (non-hydrogen) atoms. The zero-order chi connectivity index (χ0) is 19.4. The zero-order valence-electron chi connectivity index (χ0n) is 16.7. The number of amides is 1. The van der Waals surface area contributed by atoms with Crippen LogP contribution in [0.2, 0.25) is 0 Å². The van der Waals surface area contributed by atoms with Crippen LogP contribution in [0, 0.1) is 5.92 Å². The summed E-state index contributed by atoms with van der Waals surface area (Å²) in [5.74, 6) is 0.620. The molecule has 0 unspecified atom stereocenters. The van der Waals surface area contributed by atoms with Crippen LogP contribution in [-0.4, -0.2) is 29.5 Å². The van der Waals surface area contributed by atoms with Crippen LogP contribution in [0.25, 0.3) is 0 Å². The molecule has 0 radical (unpaired) electrons. The fraction of sp³-hybridized carbons (Fsp3) is 0.455. The molecule has 2 N–H and O–H groups in total. The van der Waals surface area contributed by atoms with Gasteiger partial charge in [-0.25, -0.2) is 4.98 Å². The number of nitrogens with zero attached hydrogens (tertiary/aromatic N) is 2. The molecule has 2 heterocycles. The Morgan fingerprint density at radius 3 is 2.22 bits per heavy atom. The van der Waals surface area contributed by atoms with Crippen LogP contribution in [0.3, 0.4) is 0 Å². The van der Waals surface area contributed by atoms with E-state index in [-0.39, 0.29) is 11.4 Å². The molecule has 0 bridgehead atoms. The second-order valence-corrected chi connectivity index (χ2v) is 8.48. The third kappa shape index (κ3) is 5.46. The molecule has 1 amide bonds. The first-order valence-electron chi connectivity index (χ1n) is 9.71. The minimum Gasteiger partial charge on any atom is -0.379 e. The first-order valence-corrected chi connectivity index (χ1v) is 9.71. The molecule has 1 aliphatic rings. The summed E-state index contributed by atoms with van der Waals surface area (Å²) >= 11 is 0. The highest BCUT2D eigenvalue weighted by Gasteiger charge is 2.16. The number of rotatable bonds is 4. The van der Waals surface area contributed by atoms with E-state index in [2.05, 4.69) is 60.3 Å². The third-order valence-corrected chi connectivity index (χ3v) is 4.79. The van der Waals surface area contributed by atoms with E-state index in [0.717, 1.165) is 30.4 Å². The summed E-state index contributed by atoms with van der Waals surface area (Å²) in [5, 5.41) is 6.26. The number of hydrogen-bond donors (Lipinski definition) is 2. The molecule has 1 fully saturated rings. The van der Waals surface area contributed by atoms with E-state index in [0.29, 0.717) is 5.69 Å². The number of anilines is 3. The van der Waals surface area contributed by atoms with Gasteiger partial charge in [-0.2, -0.15) is 0 Å². The van der Waals surface area contributed by atoms with Crippen LogP contribution in [0.5, 0.6) is 0 Å². The van der Waals surface area contributed by atoms with E-state index in [9.17, 15) is 4.79 Å². The van der Waals surface area contributed by atoms with Crippen molar-refractivity contribution in [1.29, 1.82) is 0 Å². The van der Waals surface area contributed by atoms with Crippen molar-refractivity contribution in [3.63, 3.8) is 0 Å². The van der Waals surface area contributed by atoms with Crippen molar-refractivity contribution in [2.75, 3.05) is 28.6 Å². The summed E-state index contributed by atoms with van der Waals surface area (Å²) in [7, 11) is 0. The smallest absolute Gasteiger partial charge is 0.274 e. The lowest BCUT2D eigenvalue weighted by Gasteiger charge is -2.32. The Bertz CT molecular complexity index is 754. The normalized spacial score (nSPS) is 15.5. The van der Waals surface area contributed by atoms with Crippen molar-refractivity contribution in [3.8, 4) is 0 Å². The highest BCUT2D eigenvalue weighted by Crippen LogP contribution is 2.24. The van der Waals surface area contributed by atoms with Crippen molar-refractivity contribution >= 4 is 23.0 Å². The van der Waals surface area contributed by atoms with Gasteiger partial charge in [-0.15, -0.1) is 0 Å². The fourth-order valence-electron chi connectivity index (χ4n) is 3.25. The maximum atomic E-state index is 12.4. The number of piperidine rings is 1. The van der Waals surface area contributed by atoms with Gasteiger partial charge >= 0.3 is 0 Å².